The molecule has 1 aromatic heterocycles. The number of benzene rings is 2. The van der Waals surface area contributed by atoms with Crippen molar-refractivity contribution in [1.29, 1.82) is 0 Å². The van der Waals surface area contributed by atoms with Gasteiger partial charge >= 0.3 is 0 Å². The molecule has 1 fully saturated rings. The molecule has 4 rings (SSSR count). The van der Waals surface area contributed by atoms with Crippen molar-refractivity contribution in [2.45, 2.75) is 29.4 Å². The molecule has 0 atom stereocenters. The fourth-order valence-corrected chi connectivity index (χ4v) is 6.08. The third kappa shape index (κ3) is 5.52. The molecule has 0 aliphatic carbocycles. The molecule has 11 heteroatoms. The van der Waals surface area contributed by atoms with Crippen molar-refractivity contribution < 1.29 is 13.2 Å². The van der Waals surface area contributed by atoms with Crippen LogP contribution >= 0.6 is 23.4 Å². The van der Waals surface area contributed by atoms with Crippen LogP contribution < -0.4 is 5.32 Å². The molecule has 178 valence electrons. The Morgan fingerprint density at radius 1 is 1.15 bits per heavy atom. The number of rotatable bonds is 9. The number of hydrogen-bond acceptors (Lipinski definition) is 6. The number of aromatic nitrogens is 3. The second kappa shape index (κ2) is 10.7. The van der Waals surface area contributed by atoms with Gasteiger partial charge in [-0.1, -0.05) is 35.5 Å². The number of carbonyl (C=O) groups is 1. The Morgan fingerprint density at radius 2 is 1.88 bits per heavy atom. The van der Waals surface area contributed by atoms with Crippen LogP contribution in [0.15, 0.2) is 71.2 Å². The predicted molar refractivity (Wildman–Crippen MR) is 134 cm³/mol. The molecule has 1 N–H and O–H groups in total. The number of carbonyl (C=O) groups excluding carboxylic acids is 1. The maximum Gasteiger partial charge on any atom is 0.243 e. The largest absolute Gasteiger partial charge is 0.325 e. The molecule has 0 radical (unpaired) electrons. The summed E-state index contributed by atoms with van der Waals surface area (Å²) in [5, 5.41) is 12.5. The fraction of sp³-hybridized carbons (Fsp3) is 0.261. The van der Waals surface area contributed by atoms with Gasteiger partial charge in [0.15, 0.2) is 11.0 Å². The van der Waals surface area contributed by atoms with Gasteiger partial charge in [-0.15, -0.1) is 16.8 Å². The zero-order valence-electron chi connectivity index (χ0n) is 18.4. The number of amides is 1. The standard InChI is InChI=1S/C23H24ClN5O3S2/c1-2-12-29-22(17-8-10-18(24)11-9-17)26-27-23(29)33-16-21(30)25-19-6-5-7-20(15-19)34(31,32)28-13-3-4-14-28/h2,5-11,15H,1,3-4,12-14,16H2,(H,25,30). The van der Waals surface area contributed by atoms with Crippen molar-refractivity contribution in [3.63, 3.8) is 0 Å². The van der Waals surface area contributed by atoms with Crippen molar-refractivity contribution in [1.82, 2.24) is 19.1 Å². The first-order valence-corrected chi connectivity index (χ1v) is 13.5. The minimum Gasteiger partial charge on any atom is -0.325 e. The van der Waals surface area contributed by atoms with Gasteiger partial charge in [-0.25, -0.2) is 8.42 Å². The zero-order valence-corrected chi connectivity index (χ0v) is 20.7. The Bertz CT molecular complexity index is 1290. The lowest BCUT2D eigenvalue weighted by Crippen LogP contribution is -2.28. The van der Waals surface area contributed by atoms with Crippen molar-refractivity contribution >= 4 is 45.0 Å². The minimum absolute atomic E-state index is 0.0823. The molecular weight excluding hydrogens is 494 g/mol. The number of nitrogens with zero attached hydrogens (tertiary/aromatic N) is 4. The van der Waals surface area contributed by atoms with Crippen molar-refractivity contribution in [2.75, 3.05) is 24.2 Å². The molecule has 0 saturated carbocycles. The molecule has 1 amide bonds. The average Bonchev–Trinajstić information content (AvgIpc) is 3.50. The molecule has 1 aliphatic heterocycles. The van der Waals surface area contributed by atoms with Crippen LogP contribution in [0.25, 0.3) is 11.4 Å². The normalized spacial score (nSPS) is 14.3. The summed E-state index contributed by atoms with van der Waals surface area (Å²) < 4.78 is 28.9. The summed E-state index contributed by atoms with van der Waals surface area (Å²) in [7, 11) is -3.55. The lowest BCUT2D eigenvalue weighted by Gasteiger charge is -2.16. The molecule has 34 heavy (non-hydrogen) atoms. The van der Waals surface area contributed by atoms with Crippen LogP contribution in [-0.4, -0.2) is 52.2 Å². The summed E-state index contributed by atoms with van der Waals surface area (Å²) in [4.78, 5) is 12.8. The summed E-state index contributed by atoms with van der Waals surface area (Å²) >= 11 is 7.22. The summed E-state index contributed by atoms with van der Waals surface area (Å²) in [5.74, 6) is 0.458. The average molecular weight is 518 g/mol. The van der Waals surface area contributed by atoms with E-state index in [1.807, 2.05) is 16.7 Å². The molecule has 1 saturated heterocycles. The molecular formula is C23H24ClN5O3S2. The highest BCUT2D eigenvalue weighted by Gasteiger charge is 2.27. The Labute approximate surface area is 208 Å². The first-order chi connectivity index (χ1) is 16.4. The van der Waals surface area contributed by atoms with E-state index in [0.717, 1.165) is 18.4 Å². The molecule has 2 heterocycles. The number of anilines is 1. The first-order valence-electron chi connectivity index (χ1n) is 10.7. The van der Waals surface area contributed by atoms with E-state index < -0.39 is 10.0 Å². The SMILES string of the molecule is C=CCn1c(SCC(=O)Nc2cccc(S(=O)(=O)N3CCCC3)c2)nnc1-c1ccc(Cl)cc1. The van der Waals surface area contributed by atoms with Crippen molar-refractivity contribution in [2.24, 2.45) is 0 Å². The third-order valence-corrected chi connectivity index (χ3v) is 8.40. The Kier molecular flexibility index (Phi) is 7.72. The van der Waals surface area contributed by atoms with E-state index in [9.17, 15) is 13.2 Å². The topological polar surface area (TPSA) is 97.2 Å². The number of hydrogen-bond donors (Lipinski definition) is 1. The van der Waals surface area contributed by atoms with Gasteiger partial charge in [0.05, 0.1) is 10.6 Å². The van der Waals surface area contributed by atoms with Crippen molar-refractivity contribution in [3.8, 4) is 11.4 Å². The van der Waals surface area contributed by atoms with Crippen LogP contribution in [-0.2, 0) is 21.4 Å². The maximum atomic E-state index is 12.8. The van der Waals surface area contributed by atoms with Gasteiger partial charge in [0, 0.05) is 35.9 Å². The molecule has 2 aromatic carbocycles. The Hall–Kier alpha value is -2.66. The lowest BCUT2D eigenvalue weighted by atomic mass is 10.2. The van der Waals surface area contributed by atoms with E-state index in [4.69, 9.17) is 11.6 Å². The van der Waals surface area contributed by atoms with Gasteiger partial charge in [-0.05, 0) is 55.3 Å². The second-order valence-corrected chi connectivity index (χ2v) is 11.0. The van der Waals surface area contributed by atoms with E-state index in [2.05, 4.69) is 22.1 Å². The second-order valence-electron chi connectivity index (χ2n) is 7.69. The number of sulfonamides is 1. The number of allylic oxidation sites excluding steroid dienone is 1. The van der Waals surface area contributed by atoms with E-state index >= 15 is 0 Å². The van der Waals surface area contributed by atoms with Gasteiger partial charge in [-0.3, -0.25) is 9.36 Å². The van der Waals surface area contributed by atoms with Gasteiger partial charge in [-0.2, -0.15) is 4.31 Å². The van der Waals surface area contributed by atoms with Gasteiger partial charge in [0.2, 0.25) is 15.9 Å². The van der Waals surface area contributed by atoms with Crippen LogP contribution in [0.4, 0.5) is 5.69 Å². The summed E-state index contributed by atoms with van der Waals surface area (Å²) in [6, 6.07) is 13.6. The van der Waals surface area contributed by atoms with Crippen LogP contribution in [0.3, 0.4) is 0 Å². The maximum absolute atomic E-state index is 12.8. The van der Waals surface area contributed by atoms with Gasteiger partial charge in [0.1, 0.15) is 0 Å². The third-order valence-electron chi connectivity index (χ3n) is 5.28. The molecule has 0 unspecified atom stereocenters. The highest BCUT2D eigenvalue weighted by Crippen LogP contribution is 2.26. The zero-order chi connectivity index (χ0) is 24.1. The number of halogens is 1. The Morgan fingerprint density at radius 3 is 2.59 bits per heavy atom. The summed E-state index contributed by atoms with van der Waals surface area (Å²) in [5.41, 5.74) is 1.28. The lowest BCUT2D eigenvalue weighted by molar-refractivity contribution is -0.113. The van der Waals surface area contributed by atoms with Gasteiger partial charge < -0.3 is 5.32 Å². The molecule has 0 bridgehead atoms. The summed E-state index contributed by atoms with van der Waals surface area (Å²) in [6.45, 7) is 5.33. The quantitative estimate of drug-likeness (QED) is 0.336. The van der Waals surface area contributed by atoms with Crippen molar-refractivity contribution in [3.05, 3.63) is 66.2 Å². The molecule has 3 aromatic rings. The smallest absolute Gasteiger partial charge is 0.243 e. The fourth-order valence-electron chi connectivity index (χ4n) is 3.64. The van der Waals surface area contributed by atoms with E-state index in [-0.39, 0.29) is 16.6 Å². The summed E-state index contributed by atoms with van der Waals surface area (Å²) in [6.07, 6.45) is 3.46. The molecule has 8 nitrogen and oxygen atoms in total. The Balaban J connectivity index is 1.43. The van der Waals surface area contributed by atoms with E-state index in [1.54, 1.807) is 36.4 Å². The highest BCUT2D eigenvalue weighted by atomic mass is 35.5. The van der Waals surface area contributed by atoms with Crippen LogP contribution in [0.1, 0.15) is 12.8 Å². The predicted octanol–water partition coefficient (Wildman–Crippen LogP) is 4.30. The minimum atomic E-state index is -3.55. The van der Waals surface area contributed by atoms with Gasteiger partial charge in [0.25, 0.3) is 0 Å². The number of thioether (sulfide) groups is 1. The highest BCUT2D eigenvalue weighted by molar-refractivity contribution is 7.99. The van der Waals surface area contributed by atoms with E-state index in [0.29, 0.717) is 41.3 Å². The van der Waals surface area contributed by atoms with Crippen LogP contribution in [0, 0.1) is 0 Å². The molecule has 1 aliphatic rings. The molecule has 0 spiro atoms. The van der Waals surface area contributed by atoms with E-state index in [1.165, 1.54) is 22.1 Å². The first kappa shape index (κ1) is 24.5. The van der Waals surface area contributed by atoms with Crippen LogP contribution in [0.2, 0.25) is 5.02 Å². The van der Waals surface area contributed by atoms with Crippen LogP contribution in [0.5, 0.6) is 0 Å². The monoisotopic (exact) mass is 517 g/mol. The number of nitrogens with one attached hydrogen (secondary N) is 1.